The number of isocyanates is 1. The molecule has 64 valence electrons. The Labute approximate surface area is 72.5 Å². The van der Waals surface area contributed by atoms with Gasteiger partial charge in [0.15, 0.2) is 0 Å². The standard InChI is InChI=1S/C9H12N2O/c1-11-6-2-3-9(7-11)4-5-10-8-12/h9H,2-3,6-7H2,1H3. The lowest BCUT2D eigenvalue weighted by Gasteiger charge is -2.25. The molecule has 0 aromatic heterocycles. The van der Waals surface area contributed by atoms with Crippen molar-refractivity contribution >= 4 is 6.08 Å². The molecule has 0 N–H and O–H groups in total. The first kappa shape index (κ1) is 8.99. The third-order valence-corrected chi connectivity index (χ3v) is 1.99. The summed E-state index contributed by atoms with van der Waals surface area (Å²) in [5, 5.41) is 0. The topological polar surface area (TPSA) is 32.7 Å². The second-order valence-electron chi connectivity index (χ2n) is 3.06. The zero-order valence-electron chi connectivity index (χ0n) is 7.21. The maximum atomic E-state index is 9.71. The average Bonchev–Trinajstić information content (AvgIpc) is 2.05. The Morgan fingerprint density at radius 3 is 3.08 bits per heavy atom. The average molecular weight is 164 g/mol. The Morgan fingerprint density at radius 2 is 2.42 bits per heavy atom. The zero-order chi connectivity index (χ0) is 8.81. The van der Waals surface area contributed by atoms with Gasteiger partial charge in [-0.05, 0) is 26.4 Å². The van der Waals surface area contributed by atoms with Crippen molar-refractivity contribution in [2.75, 3.05) is 20.1 Å². The first-order chi connectivity index (χ1) is 5.83. The summed E-state index contributed by atoms with van der Waals surface area (Å²) in [6.07, 6.45) is 3.70. The molecule has 0 aromatic carbocycles. The van der Waals surface area contributed by atoms with Crippen molar-refractivity contribution in [2.45, 2.75) is 12.8 Å². The largest absolute Gasteiger partial charge is 0.305 e. The van der Waals surface area contributed by atoms with Crippen LogP contribution in [0.25, 0.3) is 0 Å². The molecule has 0 spiro atoms. The Hall–Kier alpha value is -1.10. The van der Waals surface area contributed by atoms with Gasteiger partial charge in [0.2, 0.25) is 6.08 Å². The van der Waals surface area contributed by atoms with Crippen LogP contribution in [0.1, 0.15) is 12.8 Å². The molecule has 3 nitrogen and oxygen atoms in total. The lowest BCUT2D eigenvalue weighted by molar-refractivity contribution is 0.242. The van der Waals surface area contributed by atoms with Crippen LogP contribution >= 0.6 is 0 Å². The molecule has 1 aliphatic heterocycles. The van der Waals surface area contributed by atoms with E-state index in [4.69, 9.17) is 0 Å². The van der Waals surface area contributed by atoms with Crippen molar-refractivity contribution in [2.24, 2.45) is 10.9 Å². The van der Waals surface area contributed by atoms with Gasteiger partial charge in [0.05, 0.1) is 0 Å². The number of likely N-dealkylation sites (tertiary alicyclic amines) is 1. The van der Waals surface area contributed by atoms with Crippen molar-refractivity contribution < 1.29 is 4.79 Å². The fourth-order valence-corrected chi connectivity index (χ4v) is 1.43. The molecule has 1 fully saturated rings. The van der Waals surface area contributed by atoms with Gasteiger partial charge in [-0.15, -0.1) is 4.99 Å². The molecule has 1 atom stereocenters. The zero-order valence-corrected chi connectivity index (χ0v) is 7.21. The number of nitrogens with zero attached hydrogens (tertiary/aromatic N) is 2. The molecular formula is C9H12N2O. The van der Waals surface area contributed by atoms with E-state index in [1.807, 2.05) is 0 Å². The summed E-state index contributed by atoms with van der Waals surface area (Å²) in [6.45, 7) is 2.14. The second kappa shape index (κ2) is 4.71. The van der Waals surface area contributed by atoms with Crippen LogP contribution in [-0.2, 0) is 4.79 Å². The Kier molecular flexibility index (Phi) is 3.53. The molecule has 12 heavy (non-hydrogen) atoms. The van der Waals surface area contributed by atoms with Crippen molar-refractivity contribution in [1.29, 1.82) is 0 Å². The quantitative estimate of drug-likeness (QED) is 0.299. The van der Waals surface area contributed by atoms with Crippen molar-refractivity contribution in [3.05, 3.63) is 0 Å². The first-order valence-corrected chi connectivity index (χ1v) is 4.09. The third-order valence-electron chi connectivity index (χ3n) is 1.99. The fraction of sp³-hybridized carbons (Fsp3) is 0.667. The van der Waals surface area contributed by atoms with Crippen molar-refractivity contribution in [3.8, 4) is 12.0 Å². The highest BCUT2D eigenvalue weighted by Crippen LogP contribution is 2.13. The van der Waals surface area contributed by atoms with E-state index in [9.17, 15) is 4.79 Å². The van der Waals surface area contributed by atoms with Gasteiger partial charge in [-0.3, -0.25) is 0 Å². The number of hydrogen-bond donors (Lipinski definition) is 0. The van der Waals surface area contributed by atoms with Crippen molar-refractivity contribution in [1.82, 2.24) is 4.90 Å². The molecule has 0 radical (unpaired) electrons. The van der Waals surface area contributed by atoms with E-state index in [2.05, 4.69) is 28.9 Å². The van der Waals surface area contributed by atoms with E-state index in [-0.39, 0.29) is 0 Å². The SMILES string of the molecule is CN1CCCC(C#CN=C=O)C1. The number of hydrogen-bond acceptors (Lipinski definition) is 3. The van der Waals surface area contributed by atoms with Gasteiger partial charge in [-0.1, -0.05) is 5.92 Å². The summed E-state index contributed by atoms with van der Waals surface area (Å²) in [5.74, 6) is 3.31. The molecule has 1 aliphatic rings. The minimum atomic E-state index is 0.376. The highest BCUT2D eigenvalue weighted by atomic mass is 16.1. The Balaban J connectivity index is 2.43. The molecule has 1 rings (SSSR count). The summed E-state index contributed by atoms with van der Waals surface area (Å²) in [7, 11) is 2.08. The second-order valence-corrected chi connectivity index (χ2v) is 3.06. The lowest BCUT2D eigenvalue weighted by atomic mass is 10.00. The van der Waals surface area contributed by atoms with E-state index in [0.29, 0.717) is 5.92 Å². The number of aliphatic imine (C=N–C) groups is 1. The minimum absolute atomic E-state index is 0.376. The Morgan fingerprint density at radius 1 is 1.58 bits per heavy atom. The van der Waals surface area contributed by atoms with E-state index < -0.39 is 0 Å². The van der Waals surface area contributed by atoms with Gasteiger partial charge in [-0.25, -0.2) is 4.79 Å². The van der Waals surface area contributed by atoms with Crippen LogP contribution < -0.4 is 0 Å². The van der Waals surface area contributed by atoms with Crippen LogP contribution in [0.15, 0.2) is 4.99 Å². The summed E-state index contributed by atoms with van der Waals surface area (Å²) < 4.78 is 0. The summed E-state index contributed by atoms with van der Waals surface area (Å²) in [6, 6.07) is 2.45. The Bertz CT molecular complexity index is 245. The molecule has 0 aromatic rings. The number of rotatable bonds is 0. The molecular weight excluding hydrogens is 152 g/mol. The van der Waals surface area contributed by atoms with E-state index >= 15 is 0 Å². The van der Waals surface area contributed by atoms with Crippen LogP contribution in [0.5, 0.6) is 0 Å². The number of carbonyl (C=O) groups excluding carboxylic acids is 1. The minimum Gasteiger partial charge on any atom is -0.305 e. The summed E-state index contributed by atoms with van der Waals surface area (Å²) in [4.78, 5) is 15.2. The predicted octanol–water partition coefficient (Wildman–Crippen LogP) is 0.625. The van der Waals surface area contributed by atoms with E-state index in [0.717, 1.165) is 19.5 Å². The third kappa shape index (κ3) is 2.87. The van der Waals surface area contributed by atoms with Crippen molar-refractivity contribution in [3.63, 3.8) is 0 Å². The van der Waals surface area contributed by atoms with Crippen LogP contribution in [0.3, 0.4) is 0 Å². The van der Waals surface area contributed by atoms with Crippen LogP contribution in [0.2, 0.25) is 0 Å². The van der Waals surface area contributed by atoms with Gasteiger partial charge in [0.25, 0.3) is 0 Å². The molecule has 0 amide bonds. The normalized spacial score (nSPS) is 23.6. The van der Waals surface area contributed by atoms with Gasteiger partial charge in [0, 0.05) is 18.5 Å². The van der Waals surface area contributed by atoms with Crippen LogP contribution in [0.4, 0.5) is 0 Å². The fourth-order valence-electron chi connectivity index (χ4n) is 1.43. The molecule has 0 saturated carbocycles. The smallest absolute Gasteiger partial charge is 0.249 e. The lowest BCUT2D eigenvalue weighted by Crippen LogP contribution is -2.31. The summed E-state index contributed by atoms with van der Waals surface area (Å²) >= 11 is 0. The maximum Gasteiger partial charge on any atom is 0.249 e. The highest BCUT2D eigenvalue weighted by molar-refractivity contribution is 5.36. The van der Waals surface area contributed by atoms with Gasteiger partial charge < -0.3 is 4.90 Å². The molecule has 1 heterocycles. The van der Waals surface area contributed by atoms with Gasteiger partial charge >= 0.3 is 0 Å². The van der Waals surface area contributed by atoms with E-state index in [1.54, 1.807) is 0 Å². The monoisotopic (exact) mass is 164 g/mol. The summed E-state index contributed by atoms with van der Waals surface area (Å²) in [5.41, 5.74) is 0. The first-order valence-electron chi connectivity index (χ1n) is 4.09. The molecule has 1 unspecified atom stereocenters. The highest BCUT2D eigenvalue weighted by Gasteiger charge is 2.14. The molecule has 0 bridgehead atoms. The maximum absolute atomic E-state index is 9.71. The molecule has 0 aliphatic carbocycles. The molecule has 3 heteroatoms. The van der Waals surface area contributed by atoms with Gasteiger partial charge in [0.1, 0.15) is 0 Å². The van der Waals surface area contributed by atoms with E-state index in [1.165, 1.54) is 12.5 Å². The number of piperidine rings is 1. The predicted molar refractivity (Wildman–Crippen MR) is 46.1 cm³/mol. The molecule has 1 saturated heterocycles. The van der Waals surface area contributed by atoms with Crippen LogP contribution in [-0.4, -0.2) is 31.1 Å². The van der Waals surface area contributed by atoms with Crippen LogP contribution in [0, 0.1) is 17.9 Å². The van der Waals surface area contributed by atoms with Gasteiger partial charge in [-0.2, -0.15) is 0 Å².